The molecule has 2 heterocycles. The van der Waals surface area contributed by atoms with Crippen molar-refractivity contribution in [2.24, 2.45) is 0 Å². The number of thioether (sulfide) groups is 1. The lowest BCUT2D eigenvalue weighted by atomic mass is 9.97. The molecule has 6 nitrogen and oxygen atoms in total. The highest BCUT2D eigenvalue weighted by Gasteiger charge is 2.26. The Labute approximate surface area is 165 Å². The van der Waals surface area contributed by atoms with Gasteiger partial charge in [0.05, 0.1) is 12.3 Å². The first-order valence-electron chi connectivity index (χ1n) is 9.83. The summed E-state index contributed by atoms with van der Waals surface area (Å²) in [6, 6.07) is 3.75. The molecule has 7 heteroatoms. The van der Waals surface area contributed by atoms with Gasteiger partial charge in [-0.15, -0.1) is 0 Å². The van der Waals surface area contributed by atoms with Crippen LogP contribution in [0.2, 0.25) is 0 Å². The van der Waals surface area contributed by atoms with Crippen molar-refractivity contribution in [1.82, 2.24) is 15.5 Å². The minimum Gasteiger partial charge on any atom is -0.468 e. The molecule has 0 aromatic carbocycles. The number of hydrogen-bond donors (Lipinski definition) is 2. The van der Waals surface area contributed by atoms with Gasteiger partial charge in [0.15, 0.2) is 0 Å². The summed E-state index contributed by atoms with van der Waals surface area (Å²) in [5.41, 5.74) is 1.39. The maximum absolute atomic E-state index is 12.2. The van der Waals surface area contributed by atoms with E-state index >= 15 is 0 Å². The molecule has 27 heavy (non-hydrogen) atoms. The molecule has 1 saturated heterocycles. The van der Waals surface area contributed by atoms with Crippen molar-refractivity contribution in [2.45, 2.75) is 38.1 Å². The van der Waals surface area contributed by atoms with Gasteiger partial charge in [-0.3, -0.25) is 14.5 Å². The van der Waals surface area contributed by atoms with Crippen LogP contribution in [0.25, 0.3) is 0 Å². The van der Waals surface area contributed by atoms with E-state index in [0.717, 1.165) is 49.6 Å². The van der Waals surface area contributed by atoms with Crippen molar-refractivity contribution in [3.05, 3.63) is 35.8 Å². The lowest BCUT2D eigenvalue weighted by Gasteiger charge is -2.33. The van der Waals surface area contributed by atoms with Crippen molar-refractivity contribution < 1.29 is 14.0 Å². The number of furan rings is 1. The summed E-state index contributed by atoms with van der Waals surface area (Å²) in [5.74, 6) is 1.84. The van der Waals surface area contributed by atoms with Crippen LogP contribution >= 0.6 is 11.8 Å². The van der Waals surface area contributed by atoms with Crippen molar-refractivity contribution >= 4 is 23.6 Å². The second-order valence-electron chi connectivity index (χ2n) is 7.00. The Morgan fingerprint density at radius 2 is 2.00 bits per heavy atom. The summed E-state index contributed by atoms with van der Waals surface area (Å²) in [6.07, 6.45) is 9.47. The number of hydrogen-bond acceptors (Lipinski definition) is 5. The summed E-state index contributed by atoms with van der Waals surface area (Å²) in [5, 5.41) is 5.52. The standard InChI is InChI=1S/C20H29N3O3S/c24-19(21-9-8-16-5-2-1-3-6-16)20(25)22-15-17(18-7-4-12-26-18)23-10-13-27-14-11-23/h4-5,7,12,17H,1-3,6,8-11,13-15H2,(H,21,24)(H,22,25)/t17-/m0/s1. The third-order valence-corrected chi connectivity index (χ3v) is 6.08. The summed E-state index contributed by atoms with van der Waals surface area (Å²) in [4.78, 5) is 26.6. The van der Waals surface area contributed by atoms with E-state index in [1.807, 2.05) is 23.9 Å². The van der Waals surface area contributed by atoms with Crippen LogP contribution in [0, 0.1) is 0 Å². The Kier molecular flexibility index (Phi) is 7.83. The minimum absolute atomic E-state index is 0.0370. The highest BCUT2D eigenvalue weighted by atomic mass is 32.2. The predicted octanol–water partition coefficient (Wildman–Crippen LogP) is 2.49. The molecule has 0 saturated carbocycles. The SMILES string of the molecule is O=C(NCCC1=CCCCC1)C(=O)NC[C@@H](c1ccco1)N1CCSCC1. The molecular formula is C20H29N3O3S. The Hall–Kier alpha value is -1.73. The number of rotatable bonds is 7. The molecule has 0 spiro atoms. The van der Waals surface area contributed by atoms with Gasteiger partial charge in [-0.05, 0) is 44.2 Å². The summed E-state index contributed by atoms with van der Waals surface area (Å²) >= 11 is 1.94. The van der Waals surface area contributed by atoms with E-state index in [4.69, 9.17) is 4.42 Å². The van der Waals surface area contributed by atoms with E-state index in [9.17, 15) is 9.59 Å². The fraction of sp³-hybridized carbons (Fsp3) is 0.600. The maximum atomic E-state index is 12.2. The molecule has 1 aliphatic carbocycles. The zero-order valence-corrected chi connectivity index (χ0v) is 16.6. The second-order valence-corrected chi connectivity index (χ2v) is 8.23. The van der Waals surface area contributed by atoms with Crippen LogP contribution < -0.4 is 10.6 Å². The van der Waals surface area contributed by atoms with Crippen LogP contribution in [0.15, 0.2) is 34.5 Å². The highest BCUT2D eigenvalue weighted by Crippen LogP contribution is 2.24. The topological polar surface area (TPSA) is 74.6 Å². The van der Waals surface area contributed by atoms with E-state index < -0.39 is 11.8 Å². The molecule has 1 atom stereocenters. The zero-order valence-electron chi connectivity index (χ0n) is 15.7. The monoisotopic (exact) mass is 391 g/mol. The fourth-order valence-corrected chi connectivity index (χ4v) is 4.53. The van der Waals surface area contributed by atoms with Gasteiger partial charge in [0.2, 0.25) is 0 Å². The summed E-state index contributed by atoms with van der Waals surface area (Å²) in [7, 11) is 0. The largest absolute Gasteiger partial charge is 0.468 e. The van der Waals surface area contributed by atoms with Crippen LogP contribution in [-0.2, 0) is 9.59 Å². The van der Waals surface area contributed by atoms with Gasteiger partial charge in [-0.1, -0.05) is 11.6 Å². The van der Waals surface area contributed by atoms with Crippen LogP contribution in [0.1, 0.15) is 43.9 Å². The molecule has 148 valence electrons. The fourth-order valence-electron chi connectivity index (χ4n) is 3.60. The van der Waals surface area contributed by atoms with Gasteiger partial charge in [0, 0.05) is 37.7 Å². The Morgan fingerprint density at radius 1 is 1.19 bits per heavy atom. The molecule has 0 radical (unpaired) electrons. The van der Waals surface area contributed by atoms with Crippen LogP contribution in [0.4, 0.5) is 0 Å². The first-order valence-corrected chi connectivity index (χ1v) is 11.0. The Balaban J connectivity index is 1.45. The normalized spacial score (nSPS) is 19.2. The third-order valence-electron chi connectivity index (χ3n) is 5.14. The first kappa shape index (κ1) is 20.0. The average Bonchev–Trinajstić information content (AvgIpc) is 3.24. The van der Waals surface area contributed by atoms with Crippen LogP contribution in [0.5, 0.6) is 0 Å². The zero-order chi connectivity index (χ0) is 18.9. The molecule has 0 unspecified atom stereocenters. The second kappa shape index (κ2) is 10.6. The molecule has 1 fully saturated rings. The van der Waals surface area contributed by atoms with Crippen LogP contribution in [0.3, 0.4) is 0 Å². The van der Waals surface area contributed by atoms with E-state index in [2.05, 4.69) is 21.6 Å². The Bertz CT molecular complexity index is 639. The lowest BCUT2D eigenvalue weighted by Crippen LogP contribution is -2.45. The van der Waals surface area contributed by atoms with Gasteiger partial charge in [0.25, 0.3) is 0 Å². The molecule has 2 amide bonds. The predicted molar refractivity (Wildman–Crippen MR) is 108 cm³/mol. The van der Waals surface area contributed by atoms with Crippen molar-refractivity contribution in [3.8, 4) is 0 Å². The van der Waals surface area contributed by atoms with Gasteiger partial charge >= 0.3 is 11.8 Å². The highest BCUT2D eigenvalue weighted by molar-refractivity contribution is 7.99. The number of allylic oxidation sites excluding steroid dienone is 1. The number of carbonyl (C=O) groups excluding carboxylic acids is 2. The van der Waals surface area contributed by atoms with Crippen molar-refractivity contribution in [3.63, 3.8) is 0 Å². The summed E-state index contributed by atoms with van der Waals surface area (Å²) < 4.78 is 5.57. The average molecular weight is 392 g/mol. The van der Waals surface area contributed by atoms with Gasteiger partial charge in [-0.2, -0.15) is 11.8 Å². The van der Waals surface area contributed by atoms with Crippen LogP contribution in [-0.4, -0.2) is 54.4 Å². The smallest absolute Gasteiger partial charge is 0.309 e. The van der Waals surface area contributed by atoms with Crippen molar-refractivity contribution in [2.75, 3.05) is 37.7 Å². The van der Waals surface area contributed by atoms with Gasteiger partial charge < -0.3 is 15.1 Å². The minimum atomic E-state index is -0.574. The van der Waals surface area contributed by atoms with E-state index in [1.165, 1.54) is 18.4 Å². The molecule has 2 aliphatic rings. The molecule has 1 aromatic rings. The number of nitrogens with zero attached hydrogens (tertiary/aromatic N) is 1. The van der Waals surface area contributed by atoms with E-state index in [1.54, 1.807) is 6.26 Å². The number of carbonyl (C=O) groups is 2. The summed E-state index contributed by atoms with van der Waals surface area (Å²) in [6.45, 7) is 2.79. The van der Waals surface area contributed by atoms with E-state index in [0.29, 0.717) is 13.1 Å². The van der Waals surface area contributed by atoms with Crippen molar-refractivity contribution in [1.29, 1.82) is 0 Å². The van der Waals surface area contributed by atoms with E-state index in [-0.39, 0.29) is 6.04 Å². The molecule has 2 N–H and O–H groups in total. The molecule has 1 aromatic heterocycles. The molecule has 1 aliphatic heterocycles. The van der Waals surface area contributed by atoms with Gasteiger partial charge in [0.1, 0.15) is 5.76 Å². The quantitative estimate of drug-likeness (QED) is 0.552. The maximum Gasteiger partial charge on any atom is 0.309 e. The Morgan fingerprint density at radius 3 is 2.70 bits per heavy atom. The number of amides is 2. The lowest BCUT2D eigenvalue weighted by molar-refractivity contribution is -0.139. The molecular weight excluding hydrogens is 362 g/mol. The molecule has 3 rings (SSSR count). The molecule has 0 bridgehead atoms. The van der Waals surface area contributed by atoms with Gasteiger partial charge in [-0.25, -0.2) is 0 Å². The first-order chi connectivity index (χ1) is 13.2. The third kappa shape index (κ3) is 6.14. The number of nitrogens with one attached hydrogen (secondary N) is 2.